The highest BCUT2D eigenvalue weighted by molar-refractivity contribution is 6.33. The van der Waals surface area contributed by atoms with Crippen LogP contribution in [0.1, 0.15) is 29.1 Å². The average Bonchev–Trinajstić information content (AvgIpc) is 2.79. The average molecular weight is 280 g/mol. The second kappa shape index (κ2) is 5.27. The largest absolute Gasteiger partial charge is 0.397 e. The number of aromatic nitrogens is 3. The zero-order valence-corrected chi connectivity index (χ0v) is 11.3. The van der Waals surface area contributed by atoms with Gasteiger partial charge in [-0.05, 0) is 19.1 Å². The molecule has 0 spiro atoms. The van der Waals surface area contributed by atoms with Gasteiger partial charge in [-0.25, -0.2) is 0 Å². The van der Waals surface area contributed by atoms with E-state index < -0.39 is 0 Å². The zero-order chi connectivity index (χ0) is 14.0. The Morgan fingerprint density at radius 2 is 2.26 bits per heavy atom. The lowest BCUT2D eigenvalue weighted by Gasteiger charge is -2.14. The standard InChI is InChI=1S/C12H14ClN5O/c1-7(11-17-15-6-18(11)2)16-12(19)8-4-3-5-9(13)10(8)14/h3-7H,14H2,1-2H3,(H,16,19). The van der Waals surface area contributed by atoms with Crippen molar-refractivity contribution in [1.29, 1.82) is 0 Å². The molecular weight excluding hydrogens is 266 g/mol. The van der Waals surface area contributed by atoms with Gasteiger partial charge in [-0.2, -0.15) is 0 Å². The number of nitrogens with two attached hydrogens (primary N) is 1. The fourth-order valence-electron chi connectivity index (χ4n) is 1.76. The van der Waals surface area contributed by atoms with Crippen LogP contribution in [0.5, 0.6) is 0 Å². The number of benzene rings is 1. The van der Waals surface area contributed by atoms with Gasteiger partial charge in [-0.1, -0.05) is 17.7 Å². The van der Waals surface area contributed by atoms with E-state index in [1.165, 1.54) is 0 Å². The summed E-state index contributed by atoms with van der Waals surface area (Å²) >= 11 is 5.89. The Morgan fingerprint density at radius 1 is 1.53 bits per heavy atom. The maximum atomic E-state index is 12.1. The molecule has 6 nitrogen and oxygen atoms in total. The fraction of sp³-hybridized carbons (Fsp3) is 0.250. The third-order valence-corrected chi connectivity index (χ3v) is 3.11. The van der Waals surface area contributed by atoms with Crippen LogP contribution in [-0.4, -0.2) is 20.7 Å². The minimum atomic E-state index is -0.296. The molecule has 7 heteroatoms. The number of nitrogen functional groups attached to an aromatic ring is 1. The Morgan fingerprint density at radius 3 is 2.89 bits per heavy atom. The van der Waals surface area contributed by atoms with Crippen molar-refractivity contribution in [2.45, 2.75) is 13.0 Å². The summed E-state index contributed by atoms with van der Waals surface area (Å²) in [6.45, 7) is 1.82. The molecule has 2 rings (SSSR count). The van der Waals surface area contributed by atoms with Gasteiger partial charge in [0.25, 0.3) is 5.91 Å². The quantitative estimate of drug-likeness (QED) is 0.835. The molecule has 0 aliphatic carbocycles. The van der Waals surface area contributed by atoms with Crippen LogP contribution in [0.3, 0.4) is 0 Å². The van der Waals surface area contributed by atoms with Crippen LogP contribution in [0, 0.1) is 0 Å². The van der Waals surface area contributed by atoms with E-state index in [2.05, 4.69) is 15.5 Å². The normalized spacial score (nSPS) is 12.2. The van der Waals surface area contributed by atoms with Gasteiger partial charge in [0.1, 0.15) is 6.33 Å². The third kappa shape index (κ3) is 2.68. The van der Waals surface area contributed by atoms with Crippen molar-refractivity contribution in [3.8, 4) is 0 Å². The molecule has 19 heavy (non-hydrogen) atoms. The number of carbonyl (C=O) groups excluding carboxylic acids is 1. The molecule has 0 saturated carbocycles. The first-order chi connectivity index (χ1) is 9.00. The molecule has 3 N–H and O–H groups in total. The molecule has 1 aromatic carbocycles. The maximum Gasteiger partial charge on any atom is 0.254 e. The van der Waals surface area contributed by atoms with Gasteiger partial charge in [0, 0.05) is 7.05 Å². The Balaban J connectivity index is 2.18. The van der Waals surface area contributed by atoms with Crippen LogP contribution >= 0.6 is 11.6 Å². The highest BCUT2D eigenvalue weighted by Gasteiger charge is 2.17. The van der Waals surface area contributed by atoms with E-state index in [9.17, 15) is 4.79 Å². The molecule has 1 unspecified atom stereocenters. The predicted octanol–water partition coefficient (Wildman–Crippen LogP) is 1.54. The number of para-hydroxylation sites is 1. The van der Waals surface area contributed by atoms with E-state index in [0.29, 0.717) is 16.4 Å². The Labute approximate surface area is 115 Å². The summed E-state index contributed by atoms with van der Waals surface area (Å²) in [7, 11) is 1.81. The first-order valence-corrected chi connectivity index (χ1v) is 6.07. The number of halogens is 1. The number of carbonyl (C=O) groups is 1. The summed E-state index contributed by atoms with van der Waals surface area (Å²) < 4.78 is 1.74. The topological polar surface area (TPSA) is 85.8 Å². The molecule has 1 amide bonds. The molecule has 1 heterocycles. The number of aryl methyl sites for hydroxylation is 1. The molecule has 1 atom stereocenters. The van der Waals surface area contributed by atoms with Gasteiger partial charge in [-0.3, -0.25) is 4.79 Å². The third-order valence-electron chi connectivity index (χ3n) is 2.78. The summed E-state index contributed by atoms with van der Waals surface area (Å²) in [6, 6.07) is 4.67. The van der Waals surface area contributed by atoms with Crippen LogP contribution in [0.4, 0.5) is 5.69 Å². The van der Waals surface area contributed by atoms with Crippen molar-refractivity contribution in [3.05, 3.63) is 40.9 Å². The van der Waals surface area contributed by atoms with Gasteiger partial charge >= 0.3 is 0 Å². The monoisotopic (exact) mass is 279 g/mol. The number of anilines is 1. The molecule has 2 aromatic rings. The molecule has 0 aliphatic heterocycles. The molecule has 0 radical (unpaired) electrons. The molecule has 0 saturated heterocycles. The second-order valence-corrected chi connectivity index (χ2v) is 4.60. The number of nitrogens with zero attached hydrogens (tertiary/aromatic N) is 3. The minimum Gasteiger partial charge on any atom is -0.397 e. The van der Waals surface area contributed by atoms with Crippen LogP contribution in [-0.2, 0) is 7.05 Å². The summed E-state index contributed by atoms with van der Waals surface area (Å²) in [6.07, 6.45) is 1.58. The van der Waals surface area contributed by atoms with Crippen LogP contribution in [0.25, 0.3) is 0 Å². The van der Waals surface area contributed by atoms with Crippen LogP contribution in [0.15, 0.2) is 24.5 Å². The highest BCUT2D eigenvalue weighted by atomic mass is 35.5. The Kier molecular flexibility index (Phi) is 3.71. The van der Waals surface area contributed by atoms with E-state index in [4.69, 9.17) is 17.3 Å². The molecule has 0 bridgehead atoms. The molecular formula is C12H14ClN5O. The van der Waals surface area contributed by atoms with E-state index in [1.807, 2.05) is 14.0 Å². The Hall–Kier alpha value is -2.08. The summed E-state index contributed by atoms with van der Waals surface area (Å²) in [5, 5.41) is 10.9. The number of nitrogens with one attached hydrogen (secondary N) is 1. The van der Waals surface area contributed by atoms with Crippen molar-refractivity contribution in [3.63, 3.8) is 0 Å². The van der Waals surface area contributed by atoms with Crippen molar-refractivity contribution in [2.24, 2.45) is 7.05 Å². The van der Waals surface area contributed by atoms with Gasteiger partial charge in [0.2, 0.25) is 0 Å². The van der Waals surface area contributed by atoms with E-state index in [1.54, 1.807) is 29.1 Å². The lowest BCUT2D eigenvalue weighted by Crippen LogP contribution is -2.29. The van der Waals surface area contributed by atoms with Crippen molar-refractivity contribution in [2.75, 3.05) is 5.73 Å². The summed E-state index contributed by atoms with van der Waals surface area (Å²) in [5.74, 6) is 0.365. The van der Waals surface area contributed by atoms with E-state index in [0.717, 1.165) is 0 Å². The highest BCUT2D eigenvalue weighted by Crippen LogP contribution is 2.22. The minimum absolute atomic E-state index is 0.270. The number of hydrogen-bond donors (Lipinski definition) is 2. The van der Waals surface area contributed by atoms with Crippen LogP contribution < -0.4 is 11.1 Å². The summed E-state index contributed by atoms with van der Waals surface area (Å²) in [4.78, 5) is 12.1. The van der Waals surface area contributed by atoms with Crippen molar-refractivity contribution in [1.82, 2.24) is 20.1 Å². The molecule has 0 aliphatic rings. The smallest absolute Gasteiger partial charge is 0.254 e. The Bertz CT molecular complexity index is 610. The van der Waals surface area contributed by atoms with Gasteiger partial charge in [0.15, 0.2) is 5.82 Å². The lowest BCUT2D eigenvalue weighted by molar-refractivity contribution is 0.0938. The number of rotatable bonds is 3. The summed E-state index contributed by atoms with van der Waals surface area (Å²) in [5.41, 5.74) is 6.40. The van der Waals surface area contributed by atoms with E-state index >= 15 is 0 Å². The molecule has 0 fully saturated rings. The zero-order valence-electron chi connectivity index (χ0n) is 10.6. The number of amides is 1. The van der Waals surface area contributed by atoms with Gasteiger partial charge < -0.3 is 15.6 Å². The first-order valence-electron chi connectivity index (χ1n) is 5.69. The van der Waals surface area contributed by atoms with Gasteiger partial charge in [-0.15, -0.1) is 10.2 Å². The van der Waals surface area contributed by atoms with Crippen LogP contribution in [0.2, 0.25) is 5.02 Å². The molecule has 1 aromatic heterocycles. The molecule has 100 valence electrons. The number of hydrogen-bond acceptors (Lipinski definition) is 4. The predicted molar refractivity (Wildman–Crippen MR) is 72.7 cm³/mol. The van der Waals surface area contributed by atoms with E-state index in [-0.39, 0.29) is 17.6 Å². The van der Waals surface area contributed by atoms with Crippen molar-refractivity contribution >= 4 is 23.2 Å². The first kappa shape index (κ1) is 13.4. The fourth-order valence-corrected chi connectivity index (χ4v) is 1.93. The van der Waals surface area contributed by atoms with Gasteiger partial charge in [0.05, 0.1) is 22.3 Å². The maximum absolute atomic E-state index is 12.1. The second-order valence-electron chi connectivity index (χ2n) is 4.20. The SMILES string of the molecule is CC(NC(=O)c1cccc(Cl)c1N)c1nncn1C. The van der Waals surface area contributed by atoms with Crippen molar-refractivity contribution < 1.29 is 4.79 Å². The lowest BCUT2D eigenvalue weighted by atomic mass is 10.1.